The number of imide groups is 1. The van der Waals surface area contributed by atoms with Crippen molar-refractivity contribution in [1.29, 1.82) is 0 Å². The minimum Gasteiger partial charge on any atom is -0.351 e. The number of amides is 3. The molecule has 6 heteroatoms. The Kier molecular flexibility index (Phi) is 4.79. The van der Waals surface area contributed by atoms with E-state index in [2.05, 4.69) is 5.32 Å². The van der Waals surface area contributed by atoms with Crippen LogP contribution in [0.4, 0.5) is 9.18 Å². The summed E-state index contributed by atoms with van der Waals surface area (Å²) in [6.07, 6.45) is 0. The summed E-state index contributed by atoms with van der Waals surface area (Å²) < 4.78 is 13.3. The Hall–Kier alpha value is -1.95. The van der Waals surface area contributed by atoms with Crippen LogP contribution in [0.5, 0.6) is 0 Å². The number of hydrogen-bond acceptors (Lipinski definition) is 3. The van der Waals surface area contributed by atoms with Gasteiger partial charge in [-0.1, -0.05) is 12.1 Å². The summed E-state index contributed by atoms with van der Waals surface area (Å²) in [6, 6.07) is 3.77. The molecular formula is C12H16FN3O2. The van der Waals surface area contributed by atoms with Gasteiger partial charge >= 0.3 is 6.03 Å². The fourth-order valence-electron chi connectivity index (χ4n) is 1.42. The van der Waals surface area contributed by atoms with Crippen molar-refractivity contribution in [3.63, 3.8) is 0 Å². The molecule has 0 saturated heterocycles. The molecule has 0 aliphatic rings. The molecule has 1 unspecified atom stereocenters. The van der Waals surface area contributed by atoms with E-state index in [1.807, 2.05) is 5.32 Å². The summed E-state index contributed by atoms with van der Waals surface area (Å²) >= 11 is 0. The Morgan fingerprint density at radius 1 is 1.44 bits per heavy atom. The van der Waals surface area contributed by atoms with E-state index in [-0.39, 0.29) is 18.4 Å². The van der Waals surface area contributed by atoms with E-state index < -0.39 is 11.9 Å². The topological polar surface area (TPSA) is 84.2 Å². The van der Waals surface area contributed by atoms with Crippen molar-refractivity contribution in [1.82, 2.24) is 10.6 Å². The first-order chi connectivity index (χ1) is 8.40. The van der Waals surface area contributed by atoms with Gasteiger partial charge in [-0.2, -0.15) is 0 Å². The van der Waals surface area contributed by atoms with E-state index in [4.69, 9.17) is 5.73 Å². The van der Waals surface area contributed by atoms with Crippen LogP contribution >= 0.6 is 0 Å². The Morgan fingerprint density at radius 3 is 2.67 bits per heavy atom. The summed E-state index contributed by atoms with van der Waals surface area (Å²) in [5.41, 5.74) is 6.09. The second kappa shape index (κ2) is 6.11. The van der Waals surface area contributed by atoms with Gasteiger partial charge in [0, 0.05) is 6.04 Å². The van der Waals surface area contributed by atoms with Crippen LogP contribution in [-0.2, 0) is 4.79 Å². The van der Waals surface area contributed by atoms with Gasteiger partial charge < -0.3 is 11.1 Å². The highest BCUT2D eigenvalue weighted by molar-refractivity contribution is 5.94. The molecule has 1 rings (SSSR count). The maximum atomic E-state index is 13.3. The van der Waals surface area contributed by atoms with E-state index in [0.717, 1.165) is 5.56 Å². The van der Waals surface area contributed by atoms with Crippen LogP contribution < -0.4 is 16.4 Å². The van der Waals surface area contributed by atoms with E-state index >= 15 is 0 Å². The maximum absolute atomic E-state index is 13.3. The predicted octanol–water partition coefficient (Wildman–Crippen LogP) is 0.980. The van der Waals surface area contributed by atoms with Gasteiger partial charge in [0.05, 0.1) is 6.54 Å². The van der Waals surface area contributed by atoms with Crippen molar-refractivity contribution in [3.05, 3.63) is 35.1 Å². The number of hydrogen-bond donors (Lipinski definition) is 3. The average Bonchev–Trinajstić information content (AvgIpc) is 2.28. The van der Waals surface area contributed by atoms with Crippen LogP contribution in [0.1, 0.15) is 24.1 Å². The zero-order valence-electron chi connectivity index (χ0n) is 10.3. The van der Waals surface area contributed by atoms with Crippen molar-refractivity contribution < 1.29 is 14.0 Å². The minimum absolute atomic E-state index is 0.0698. The first-order valence-electron chi connectivity index (χ1n) is 5.49. The molecule has 0 fully saturated rings. The van der Waals surface area contributed by atoms with Crippen LogP contribution in [0, 0.1) is 12.7 Å². The van der Waals surface area contributed by atoms with Gasteiger partial charge in [-0.15, -0.1) is 0 Å². The zero-order chi connectivity index (χ0) is 13.7. The lowest BCUT2D eigenvalue weighted by atomic mass is 10.1. The molecule has 1 atom stereocenters. The summed E-state index contributed by atoms with van der Waals surface area (Å²) in [7, 11) is 0. The monoisotopic (exact) mass is 253 g/mol. The van der Waals surface area contributed by atoms with Crippen LogP contribution in [0.3, 0.4) is 0 Å². The Bertz CT molecular complexity index is 463. The van der Waals surface area contributed by atoms with E-state index in [9.17, 15) is 14.0 Å². The molecule has 0 bridgehead atoms. The average molecular weight is 253 g/mol. The number of rotatable bonds is 4. The van der Waals surface area contributed by atoms with Gasteiger partial charge in [-0.05, 0) is 31.0 Å². The van der Waals surface area contributed by atoms with Crippen LogP contribution in [0.2, 0.25) is 0 Å². The van der Waals surface area contributed by atoms with Crippen LogP contribution in [0.25, 0.3) is 0 Å². The van der Waals surface area contributed by atoms with Gasteiger partial charge in [0.25, 0.3) is 0 Å². The third-order valence-electron chi connectivity index (χ3n) is 2.53. The van der Waals surface area contributed by atoms with Crippen molar-refractivity contribution >= 4 is 11.9 Å². The molecule has 1 aromatic carbocycles. The Morgan fingerprint density at radius 2 is 2.11 bits per heavy atom. The van der Waals surface area contributed by atoms with Gasteiger partial charge in [0.15, 0.2) is 0 Å². The fourth-order valence-corrected chi connectivity index (χ4v) is 1.42. The Balaban J connectivity index is 2.54. The van der Waals surface area contributed by atoms with E-state index in [1.165, 1.54) is 6.07 Å². The molecule has 0 radical (unpaired) electrons. The smallest absolute Gasteiger partial charge is 0.318 e. The summed E-state index contributed by atoms with van der Waals surface area (Å²) in [4.78, 5) is 21.6. The number of benzene rings is 1. The van der Waals surface area contributed by atoms with Crippen LogP contribution in [-0.4, -0.2) is 18.5 Å². The minimum atomic E-state index is -0.893. The van der Waals surface area contributed by atoms with Crippen molar-refractivity contribution in [2.24, 2.45) is 5.73 Å². The highest BCUT2D eigenvalue weighted by atomic mass is 19.1. The number of carbonyl (C=O) groups excluding carboxylic acids is 2. The standard InChI is InChI=1S/C12H16FN3O2/c1-7-3-4-9(5-10(7)13)8(2)15-6-11(17)16-12(14)18/h3-5,8,15H,6H2,1-2H3,(H3,14,16,17,18). The lowest BCUT2D eigenvalue weighted by Gasteiger charge is -2.14. The van der Waals surface area contributed by atoms with Gasteiger partial charge in [0.1, 0.15) is 5.82 Å². The fraction of sp³-hybridized carbons (Fsp3) is 0.333. The summed E-state index contributed by atoms with van der Waals surface area (Å²) in [5.74, 6) is -0.815. The number of primary amides is 1. The highest BCUT2D eigenvalue weighted by Crippen LogP contribution is 2.15. The largest absolute Gasteiger partial charge is 0.351 e. The molecule has 98 valence electrons. The number of halogens is 1. The summed E-state index contributed by atoms with van der Waals surface area (Å²) in [6.45, 7) is 3.40. The van der Waals surface area contributed by atoms with Gasteiger partial charge in [0.2, 0.25) is 5.91 Å². The summed E-state index contributed by atoms with van der Waals surface area (Å²) in [5, 5.41) is 4.80. The van der Waals surface area contributed by atoms with Gasteiger partial charge in [-0.3, -0.25) is 10.1 Å². The maximum Gasteiger partial charge on any atom is 0.318 e. The van der Waals surface area contributed by atoms with Crippen LogP contribution in [0.15, 0.2) is 18.2 Å². The number of nitrogens with one attached hydrogen (secondary N) is 2. The normalized spacial score (nSPS) is 11.9. The van der Waals surface area contributed by atoms with E-state index in [0.29, 0.717) is 5.56 Å². The number of urea groups is 1. The molecule has 5 nitrogen and oxygen atoms in total. The lowest BCUT2D eigenvalue weighted by Crippen LogP contribution is -2.41. The molecule has 3 amide bonds. The third-order valence-corrected chi connectivity index (χ3v) is 2.53. The number of carbonyl (C=O) groups is 2. The van der Waals surface area contributed by atoms with E-state index in [1.54, 1.807) is 26.0 Å². The second-order valence-electron chi connectivity index (χ2n) is 4.02. The predicted molar refractivity (Wildman–Crippen MR) is 65.3 cm³/mol. The SMILES string of the molecule is Cc1ccc(C(C)NCC(=O)NC(N)=O)cc1F. The zero-order valence-corrected chi connectivity index (χ0v) is 10.3. The first-order valence-corrected chi connectivity index (χ1v) is 5.49. The highest BCUT2D eigenvalue weighted by Gasteiger charge is 2.10. The molecule has 1 aromatic rings. The van der Waals surface area contributed by atoms with Crippen molar-refractivity contribution in [2.45, 2.75) is 19.9 Å². The molecule has 0 aliphatic carbocycles. The molecule has 0 saturated carbocycles. The number of nitrogens with two attached hydrogens (primary N) is 1. The molecule has 4 N–H and O–H groups in total. The lowest BCUT2D eigenvalue weighted by molar-refractivity contribution is -0.119. The first kappa shape index (κ1) is 14.1. The van der Waals surface area contributed by atoms with Gasteiger partial charge in [-0.25, -0.2) is 9.18 Å². The van der Waals surface area contributed by atoms with Crippen molar-refractivity contribution in [2.75, 3.05) is 6.54 Å². The molecule has 0 spiro atoms. The Labute approximate surface area is 105 Å². The molecular weight excluding hydrogens is 237 g/mol. The second-order valence-corrected chi connectivity index (χ2v) is 4.02. The molecule has 0 aliphatic heterocycles. The number of aryl methyl sites for hydroxylation is 1. The molecule has 18 heavy (non-hydrogen) atoms. The van der Waals surface area contributed by atoms with Crippen molar-refractivity contribution in [3.8, 4) is 0 Å². The molecule has 0 heterocycles. The quantitative estimate of drug-likeness (QED) is 0.747. The third kappa shape index (κ3) is 4.14. The molecule has 0 aromatic heterocycles.